The molecule has 1 saturated heterocycles. The Morgan fingerprint density at radius 3 is 2.67 bits per heavy atom. The predicted octanol–water partition coefficient (Wildman–Crippen LogP) is 1.72. The van der Waals surface area contributed by atoms with Gasteiger partial charge < -0.3 is 10.2 Å². The summed E-state index contributed by atoms with van der Waals surface area (Å²) in [5.41, 5.74) is 0. The molecular weight excluding hydrogens is 198 g/mol. The molecule has 0 spiro atoms. The first-order chi connectivity index (χ1) is 7.07. The Balaban J connectivity index is 1.78. The predicted molar refractivity (Wildman–Crippen MR) is 56.2 cm³/mol. The third kappa shape index (κ3) is 2.88. The number of nitrogens with zero attached hydrogens (tertiary/aromatic N) is 1. The van der Waals surface area contributed by atoms with Gasteiger partial charge in [-0.05, 0) is 25.8 Å². The molecule has 0 aromatic carbocycles. The van der Waals surface area contributed by atoms with Crippen LogP contribution in [-0.2, 0) is 0 Å². The SMILES string of the molecule is CN(CC1CCCC(F)(F)C1)C1CNC1. The van der Waals surface area contributed by atoms with Crippen molar-refractivity contribution in [3.63, 3.8) is 0 Å². The van der Waals surface area contributed by atoms with E-state index in [1.165, 1.54) is 0 Å². The molecule has 1 unspecified atom stereocenters. The third-order valence-corrected chi connectivity index (χ3v) is 3.67. The van der Waals surface area contributed by atoms with Gasteiger partial charge in [-0.25, -0.2) is 8.78 Å². The highest BCUT2D eigenvalue weighted by molar-refractivity contribution is 4.86. The Hall–Kier alpha value is -0.220. The molecule has 0 amide bonds. The Bertz CT molecular complexity index is 217. The molecule has 0 aromatic heterocycles. The molecule has 1 heterocycles. The molecule has 0 radical (unpaired) electrons. The molecule has 2 aliphatic rings. The van der Waals surface area contributed by atoms with E-state index in [1.54, 1.807) is 0 Å². The molecule has 2 fully saturated rings. The lowest BCUT2D eigenvalue weighted by molar-refractivity contribution is -0.0581. The second-order valence-corrected chi connectivity index (χ2v) is 5.07. The molecule has 2 nitrogen and oxygen atoms in total. The summed E-state index contributed by atoms with van der Waals surface area (Å²) in [6, 6.07) is 0.570. The van der Waals surface area contributed by atoms with E-state index in [2.05, 4.69) is 17.3 Å². The fourth-order valence-corrected chi connectivity index (χ4v) is 2.57. The maximum absolute atomic E-state index is 13.2. The van der Waals surface area contributed by atoms with E-state index in [1.807, 2.05) is 0 Å². The van der Waals surface area contributed by atoms with Crippen LogP contribution < -0.4 is 5.32 Å². The zero-order valence-corrected chi connectivity index (χ0v) is 9.31. The molecule has 2 rings (SSSR count). The van der Waals surface area contributed by atoms with E-state index in [0.717, 1.165) is 26.1 Å². The molecule has 15 heavy (non-hydrogen) atoms. The normalized spacial score (nSPS) is 31.6. The zero-order valence-electron chi connectivity index (χ0n) is 9.31. The van der Waals surface area contributed by atoms with Crippen molar-refractivity contribution >= 4 is 0 Å². The molecule has 1 atom stereocenters. The fourth-order valence-electron chi connectivity index (χ4n) is 2.57. The largest absolute Gasteiger partial charge is 0.314 e. The number of nitrogens with one attached hydrogen (secondary N) is 1. The van der Waals surface area contributed by atoms with Gasteiger partial charge in [0, 0.05) is 38.5 Å². The van der Waals surface area contributed by atoms with Crippen LogP contribution in [0.25, 0.3) is 0 Å². The van der Waals surface area contributed by atoms with Gasteiger partial charge in [0.2, 0.25) is 5.92 Å². The first kappa shape index (κ1) is 11.3. The quantitative estimate of drug-likeness (QED) is 0.776. The van der Waals surface area contributed by atoms with Crippen LogP contribution in [-0.4, -0.2) is 43.5 Å². The van der Waals surface area contributed by atoms with Gasteiger partial charge in [-0.1, -0.05) is 0 Å². The number of rotatable bonds is 3. The smallest absolute Gasteiger partial charge is 0.248 e. The average molecular weight is 218 g/mol. The molecule has 1 N–H and O–H groups in total. The molecule has 4 heteroatoms. The summed E-state index contributed by atoms with van der Waals surface area (Å²) >= 11 is 0. The van der Waals surface area contributed by atoms with E-state index in [0.29, 0.717) is 12.5 Å². The van der Waals surface area contributed by atoms with Crippen LogP contribution in [0.15, 0.2) is 0 Å². The van der Waals surface area contributed by atoms with E-state index in [4.69, 9.17) is 0 Å². The number of halogens is 2. The summed E-state index contributed by atoms with van der Waals surface area (Å²) in [6.07, 6.45) is 1.85. The van der Waals surface area contributed by atoms with Crippen LogP contribution in [0, 0.1) is 5.92 Å². The van der Waals surface area contributed by atoms with Gasteiger partial charge >= 0.3 is 0 Å². The van der Waals surface area contributed by atoms with E-state index >= 15 is 0 Å². The van der Waals surface area contributed by atoms with E-state index in [-0.39, 0.29) is 18.8 Å². The lowest BCUT2D eigenvalue weighted by Gasteiger charge is -2.39. The minimum absolute atomic E-state index is 0.0947. The highest BCUT2D eigenvalue weighted by Gasteiger charge is 2.37. The van der Waals surface area contributed by atoms with Crippen LogP contribution in [0.3, 0.4) is 0 Å². The van der Waals surface area contributed by atoms with Crippen molar-refractivity contribution in [2.75, 3.05) is 26.7 Å². The van der Waals surface area contributed by atoms with E-state index < -0.39 is 5.92 Å². The van der Waals surface area contributed by atoms with Gasteiger partial charge in [0.1, 0.15) is 0 Å². The number of hydrogen-bond donors (Lipinski definition) is 1. The van der Waals surface area contributed by atoms with Crippen molar-refractivity contribution < 1.29 is 8.78 Å². The van der Waals surface area contributed by atoms with Gasteiger partial charge in [0.15, 0.2) is 0 Å². The summed E-state index contributed by atoms with van der Waals surface area (Å²) in [4.78, 5) is 2.24. The maximum Gasteiger partial charge on any atom is 0.248 e. The number of hydrogen-bond acceptors (Lipinski definition) is 2. The highest BCUT2D eigenvalue weighted by Crippen LogP contribution is 2.36. The Morgan fingerprint density at radius 1 is 1.40 bits per heavy atom. The molecule has 0 bridgehead atoms. The lowest BCUT2D eigenvalue weighted by atomic mass is 9.86. The van der Waals surface area contributed by atoms with Crippen molar-refractivity contribution in [1.29, 1.82) is 0 Å². The molecule has 1 saturated carbocycles. The van der Waals surface area contributed by atoms with Crippen molar-refractivity contribution in [2.24, 2.45) is 5.92 Å². The lowest BCUT2D eigenvalue weighted by Crippen LogP contribution is -2.57. The first-order valence-electron chi connectivity index (χ1n) is 5.86. The minimum Gasteiger partial charge on any atom is -0.314 e. The van der Waals surface area contributed by atoms with Gasteiger partial charge in [-0.2, -0.15) is 0 Å². The Morgan fingerprint density at radius 2 is 2.13 bits per heavy atom. The van der Waals surface area contributed by atoms with Crippen LogP contribution >= 0.6 is 0 Å². The maximum atomic E-state index is 13.2. The fraction of sp³-hybridized carbons (Fsp3) is 1.00. The van der Waals surface area contributed by atoms with Crippen LogP contribution in [0.2, 0.25) is 0 Å². The molecule has 1 aliphatic carbocycles. The summed E-state index contributed by atoms with van der Waals surface area (Å²) in [6.45, 7) is 2.86. The third-order valence-electron chi connectivity index (χ3n) is 3.67. The van der Waals surface area contributed by atoms with Gasteiger partial charge in [-0.3, -0.25) is 0 Å². The van der Waals surface area contributed by atoms with Crippen LogP contribution in [0.4, 0.5) is 8.78 Å². The summed E-state index contributed by atoms with van der Waals surface area (Å²) in [7, 11) is 2.05. The van der Waals surface area contributed by atoms with Crippen molar-refractivity contribution in [1.82, 2.24) is 10.2 Å². The second-order valence-electron chi connectivity index (χ2n) is 5.07. The van der Waals surface area contributed by atoms with Crippen molar-refractivity contribution in [3.05, 3.63) is 0 Å². The topological polar surface area (TPSA) is 15.3 Å². The second kappa shape index (κ2) is 4.34. The van der Waals surface area contributed by atoms with Crippen LogP contribution in [0.5, 0.6) is 0 Å². The summed E-state index contributed by atoms with van der Waals surface area (Å²) < 4.78 is 26.3. The zero-order chi connectivity index (χ0) is 10.9. The first-order valence-corrected chi connectivity index (χ1v) is 5.86. The van der Waals surface area contributed by atoms with Crippen LogP contribution in [0.1, 0.15) is 25.7 Å². The van der Waals surface area contributed by atoms with E-state index in [9.17, 15) is 8.78 Å². The monoisotopic (exact) mass is 218 g/mol. The number of likely N-dealkylation sites (N-methyl/N-ethyl adjacent to an activating group) is 1. The van der Waals surface area contributed by atoms with Gasteiger partial charge in [-0.15, -0.1) is 0 Å². The van der Waals surface area contributed by atoms with Crippen molar-refractivity contribution in [3.8, 4) is 0 Å². The average Bonchev–Trinajstić information content (AvgIpc) is 1.97. The minimum atomic E-state index is -2.40. The molecule has 88 valence electrons. The molecule has 0 aromatic rings. The summed E-state index contributed by atoms with van der Waals surface area (Å²) in [5, 5.41) is 3.21. The Kier molecular flexibility index (Phi) is 3.26. The number of alkyl halides is 2. The standard InChI is InChI=1S/C11H20F2N2/c1-15(10-6-14-7-10)8-9-3-2-4-11(12,13)5-9/h9-10,14H,2-8H2,1H3. The summed E-state index contributed by atoms with van der Waals surface area (Å²) in [5.74, 6) is -2.21. The van der Waals surface area contributed by atoms with Gasteiger partial charge in [0.05, 0.1) is 0 Å². The highest BCUT2D eigenvalue weighted by atomic mass is 19.3. The molecular formula is C11H20F2N2. The molecule has 1 aliphatic heterocycles. The van der Waals surface area contributed by atoms with Crippen molar-refractivity contribution in [2.45, 2.75) is 37.6 Å². The van der Waals surface area contributed by atoms with Gasteiger partial charge in [0.25, 0.3) is 0 Å². The Labute approximate surface area is 90.0 Å².